The molecule has 9 nitrogen and oxygen atoms in total. The van der Waals surface area contributed by atoms with Crippen LogP contribution in [0.1, 0.15) is 0 Å². The summed E-state index contributed by atoms with van der Waals surface area (Å²) in [5.74, 6) is -1.58. The molecule has 1 aliphatic rings. The van der Waals surface area contributed by atoms with E-state index < -0.39 is 16.9 Å². The number of nitrogens with zero attached hydrogens (tertiary/aromatic N) is 2. The van der Waals surface area contributed by atoms with Crippen LogP contribution in [0.4, 0.5) is 11.4 Å². The van der Waals surface area contributed by atoms with Crippen molar-refractivity contribution in [3.63, 3.8) is 0 Å². The molecule has 1 aliphatic heterocycles. The van der Waals surface area contributed by atoms with Crippen molar-refractivity contribution < 1.29 is 28.7 Å². The van der Waals surface area contributed by atoms with Gasteiger partial charge >= 0.3 is 11.9 Å². The van der Waals surface area contributed by atoms with Gasteiger partial charge in [-0.1, -0.05) is 0 Å². The van der Waals surface area contributed by atoms with Gasteiger partial charge in [0.15, 0.2) is 0 Å². The van der Waals surface area contributed by atoms with Crippen molar-refractivity contribution in [2.45, 2.75) is 0 Å². The van der Waals surface area contributed by atoms with Crippen LogP contribution in [-0.2, 0) is 23.8 Å². The molecule has 0 spiro atoms. The van der Waals surface area contributed by atoms with Gasteiger partial charge in [-0.05, 0) is 34.7 Å². The normalized spacial score (nSPS) is 14.4. The number of nitro groups is 1. The largest absolute Gasteiger partial charge is 0.466 e. The Labute approximate surface area is 150 Å². The number of nitro benzene ring substituents is 1. The molecule has 0 aliphatic carbocycles. The number of anilines is 1. The maximum Gasteiger partial charge on any atom is 0.355 e. The van der Waals surface area contributed by atoms with E-state index in [1.54, 1.807) is 6.07 Å². The molecule has 0 saturated carbocycles. The van der Waals surface area contributed by atoms with E-state index in [0.29, 0.717) is 3.57 Å². The summed E-state index contributed by atoms with van der Waals surface area (Å²) < 4.78 is 15.3. The number of benzene rings is 1. The lowest BCUT2D eigenvalue weighted by atomic mass is 10.1. The maximum absolute atomic E-state index is 12.2. The minimum Gasteiger partial charge on any atom is -0.466 e. The summed E-state index contributed by atoms with van der Waals surface area (Å²) in [6.45, 7) is -0.307. The molecule has 2 rings (SSSR count). The van der Waals surface area contributed by atoms with Gasteiger partial charge in [0.25, 0.3) is 5.69 Å². The molecule has 10 heteroatoms. The molecule has 1 aromatic carbocycles. The van der Waals surface area contributed by atoms with E-state index in [0.717, 1.165) is 14.2 Å². The Morgan fingerprint density at radius 2 is 1.96 bits per heavy atom. The number of carbonyl (C=O) groups is 2. The first-order valence-electron chi connectivity index (χ1n) is 6.59. The van der Waals surface area contributed by atoms with Gasteiger partial charge in [0, 0.05) is 9.64 Å². The number of methoxy groups -OCH3 is 2. The second kappa shape index (κ2) is 7.57. The molecule has 0 unspecified atom stereocenters. The van der Waals surface area contributed by atoms with Gasteiger partial charge in [-0.25, -0.2) is 9.59 Å². The van der Waals surface area contributed by atoms with Crippen LogP contribution in [-0.4, -0.2) is 44.4 Å². The van der Waals surface area contributed by atoms with E-state index in [-0.39, 0.29) is 36.0 Å². The molecular weight excluding hydrogens is 435 g/mol. The third-order valence-electron chi connectivity index (χ3n) is 3.26. The third kappa shape index (κ3) is 3.48. The number of esters is 2. The van der Waals surface area contributed by atoms with Crippen LogP contribution in [0.5, 0.6) is 0 Å². The summed E-state index contributed by atoms with van der Waals surface area (Å²) in [4.78, 5) is 36.1. The first-order valence-corrected chi connectivity index (χ1v) is 7.67. The fourth-order valence-electron chi connectivity index (χ4n) is 2.20. The van der Waals surface area contributed by atoms with Crippen molar-refractivity contribution in [2.75, 3.05) is 32.5 Å². The Balaban J connectivity index is 2.66. The van der Waals surface area contributed by atoms with Crippen LogP contribution in [0.25, 0.3) is 0 Å². The molecule has 1 heterocycles. The zero-order chi connectivity index (χ0) is 17.9. The summed E-state index contributed by atoms with van der Waals surface area (Å²) in [7, 11) is 2.32. The fourth-order valence-corrected chi connectivity index (χ4v) is 2.68. The minimum absolute atomic E-state index is 0.0663. The second-order valence-corrected chi connectivity index (χ2v) is 5.85. The smallest absolute Gasteiger partial charge is 0.355 e. The molecule has 0 atom stereocenters. The number of hydrogen-bond acceptors (Lipinski definition) is 8. The van der Waals surface area contributed by atoms with Crippen molar-refractivity contribution in [1.29, 1.82) is 0 Å². The number of halogens is 1. The number of carbonyl (C=O) groups excluding carboxylic acids is 2. The van der Waals surface area contributed by atoms with E-state index in [1.165, 1.54) is 17.0 Å². The fraction of sp³-hybridized carbons (Fsp3) is 0.286. The monoisotopic (exact) mass is 448 g/mol. The van der Waals surface area contributed by atoms with E-state index in [4.69, 9.17) is 9.47 Å². The Kier molecular flexibility index (Phi) is 5.72. The van der Waals surface area contributed by atoms with Gasteiger partial charge in [0.2, 0.25) is 0 Å². The molecule has 0 amide bonds. The average Bonchev–Trinajstić information content (AvgIpc) is 2.59. The topological polar surface area (TPSA) is 108 Å². The molecule has 1 aromatic rings. The number of ether oxygens (including phenoxy) is 3. The van der Waals surface area contributed by atoms with Crippen molar-refractivity contribution in [3.8, 4) is 0 Å². The third-order valence-corrected chi connectivity index (χ3v) is 3.93. The lowest BCUT2D eigenvalue weighted by molar-refractivity contribution is -0.384. The highest BCUT2D eigenvalue weighted by Crippen LogP contribution is 2.34. The zero-order valence-corrected chi connectivity index (χ0v) is 14.9. The lowest BCUT2D eigenvalue weighted by Gasteiger charge is -2.30. The molecule has 0 saturated heterocycles. The number of hydrogen-bond donors (Lipinski definition) is 0. The minimum atomic E-state index is -0.813. The van der Waals surface area contributed by atoms with E-state index in [2.05, 4.69) is 4.74 Å². The average molecular weight is 448 g/mol. The Morgan fingerprint density at radius 1 is 1.29 bits per heavy atom. The van der Waals surface area contributed by atoms with Gasteiger partial charge < -0.3 is 19.1 Å². The molecular formula is C14H13IN2O7. The molecule has 0 radical (unpaired) electrons. The SMILES string of the molecule is COC(=O)C1=C(C(=O)OC)N(c2ccc(I)cc2[N+](=O)[O-])COC1. The maximum atomic E-state index is 12.2. The first-order chi connectivity index (χ1) is 11.4. The highest BCUT2D eigenvalue weighted by molar-refractivity contribution is 14.1. The van der Waals surface area contributed by atoms with Crippen molar-refractivity contribution in [1.82, 2.24) is 0 Å². The predicted molar refractivity (Wildman–Crippen MR) is 90.2 cm³/mol. The van der Waals surface area contributed by atoms with E-state index in [1.807, 2.05) is 22.6 Å². The molecule has 0 bridgehead atoms. The van der Waals surface area contributed by atoms with Gasteiger partial charge in [-0.2, -0.15) is 0 Å². The summed E-state index contributed by atoms with van der Waals surface area (Å²) >= 11 is 1.94. The van der Waals surface area contributed by atoms with Gasteiger partial charge in [-0.3, -0.25) is 10.1 Å². The van der Waals surface area contributed by atoms with Crippen molar-refractivity contribution in [2.24, 2.45) is 0 Å². The second-order valence-electron chi connectivity index (χ2n) is 4.61. The quantitative estimate of drug-likeness (QED) is 0.296. The highest BCUT2D eigenvalue weighted by atomic mass is 127. The molecule has 128 valence electrons. The molecule has 0 N–H and O–H groups in total. The van der Waals surface area contributed by atoms with Crippen molar-refractivity contribution >= 4 is 45.9 Å². The lowest BCUT2D eigenvalue weighted by Crippen LogP contribution is -2.39. The summed E-state index contributed by atoms with van der Waals surface area (Å²) in [5.41, 5.74) is -0.316. The van der Waals surface area contributed by atoms with Crippen LogP contribution in [0.15, 0.2) is 29.5 Å². The van der Waals surface area contributed by atoms with Crippen LogP contribution < -0.4 is 4.90 Å². The summed E-state index contributed by atoms with van der Waals surface area (Å²) in [6, 6.07) is 4.48. The van der Waals surface area contributed by atoms with Crippen LogP contribution in [0.2, 0.25) is 0 Å². The van der Waals surface area contributed by atoms with Crippen molar-refractivity contribution in [3.05, 3.63) is 43.2 Å². The molecule has 24 heavy (non-hydrogen) atoms. The first kappa shape index (κ1) is 18.1. The summed E-state index contributed by atoms with van der Waals surface area (Å²) in [5, 5.41) is 11.3. The van der Waals surface area contributed by atoms with Crippen LogP contribution in [0, 0.1) is 13.7 Å². The Morgan fingerprint density at radius 3 is 2.54 bits per heavy atom. The van der Waals surface area contributed by atoms with Gasteiger partial charge in [0.05, 0.1) is 31.3 Å². The van der Waals surface area contributed by atoms with Crippen LogP contribution in [0.3, 0.4) is 0 Å². The zero-order valence-electron chi connectivity index (χ0n) is 12.8. The Bertz CT molecular complexity index is 732. The molecule has 0 fully saturated rings. The predicted octanol–water partition coefficient (Wildman–Crippen LogP) is 1.59. The summed E-state index contributed by atoms with van der Waals surface area (Å²) in [6.07, 6.45) is 0. The number of rotatable bonds is 4. The molecule has 0 aromatic heterocycles. The Hall–Kier alpha value is -2.21. The van der Waals surface area contributed by atoms with E-state index >= 15 is 0 Å². The van der Waals surface area contributed by atoms with Gasteiger partial charge in [-0.15, -0.1) is 0 Å². The van der Waals surface area contributed by atoms with E-state index in [9.17, 15) is 19.7 Å². The highest BCUT2D eigenvalue weighted by Gasteiger charge is 2.35. The van der Waals surface area contributed by atoms with Crippen LogP contribution >= 0.6 is 22.6 Å². The standard InChI is InChI=1S/C14H13IN2O7/c1-22-13(18)9-6-24-7-16(12(9)14(19)23-2)10-4-3-8(15)5-11(10)17(20)21/h3-5H,6-7H2,1-2H3. The van der Waals surface area contributed by atoms with Gasteiger partial charge in [0.1, 0.15) is 18.1 Å².